The number of ether oxygens (including phenoxy) is 1. The van der Waals surface area contributed by atoms with Gasteiger partial charge >= 0.3 is 0 Å². The summed E-state index contributed by atoms with van der Waals surface area (Å²) in [5, 5.41) is 0. The minimum Gasteiger partial charge on any atom is -0.471 e. The smallest absolute Gasteiger partial charge is 0.234 e. The van der Waals surface area contributed by atoms with Gasteiger partial charge in [0.15, 0.2) is 5.82 Å². The van der Waals surface area contributed by atoms with E-state index >= 15 is 0 Å². The summed E-state index contributed by atoms with van der Waals surface area (Å²) in [6.07, 6.45) is 5.53. The summed E-state index contributed by atoms with van der Waals surface area (Å²) in [7, 11) is 3.81. The summed E-state index contributed by atoms with van der Waals surface area (Å²) in [5.41, 5.74) is 0. The second kappa shape index (κ2) is 7.88. The van der Waals surface area contributed by atoms with Gasteiger partial charge < -0.3 is 19.4 Å². The maximum atomic E-state index is 12.8. The van der Waals surface area contributed by atoms with E-state index in [0.29, 0.717) is 32.1 Å². The molecule has 0 N–H and O–H groups in total. The average molecular weight is 361 g/mol. The maximum Gasteiger partial charge on any atom is 0.234 e. The molecule has 2 aliphatic heterocycles. The SMILES string of the molecule is CC(=O)N1CCC(C(=O)N2CC[C@@H](Oc3cncc(N(C)C)n3)C2)CC1. The summed E-state index contributed by atoms with van der Waals surface area (Å²) in [5.74, 6) is 1.52. The van der Waals surface area contributed by atoms with E-state index in [2.05, 4.69) is 9.97 Å². The predicted octanol–water partition coefficient (Wildman–Crippen LogP) is 0.781. The molecule has 0 aromatic carbocycles. The maximum absolute atomic E-state index is 12.8. The number of carbonyl (C=O) groups is 2. The average Bonchev–Trinajstić information content (AvgIpc) is 3.09. The van der Waals surface area contributed by atoms with Gasteiger partial charge in [-0.25, -0.2) is 0 Å². The van der Waals surface area contributed by atoms with Crippen LogP contribution >= 0.6 is 0 Å². The molecular weight excluding hydrogens is 334 g/mol. The molecule has 2 fully saturated rings. The van der Waals surface area contributed by atoms with Crippen LogP contribution < -0.4 is 9.64 Å². The Morgan fingerprint density at radius 1 is 1.12 bits per heavy atom. The minimum absolute atomic E-state index is 0.0150. The van der Waals surface area contributed by atoms with Crippen LogP contribution in [0.3, 0.4) is 0 Å². The fourth-order valence-electron chi connectivity index (χ4n) is 3.51. The molecular formula is C18H27N5O3. The van der Waals surface area contributed by atoms with Gasteiger partial charge in [-0.1, -0.05) is 0 Å². The Kier molecular flexibility index (Phi) is 5.58. The van der Waals surface area contributed by atoms with Crippen LogP contribution in [0.25, 0.3) is 0 Å². The van der Waals surface area contributed by atoms with Crippen molar-refractivity contribution >= 4 is 17.6 Å². The van der Waals surface area contributed by atoms with Crippen molar-refractivity contribution in [2.24, 2.45) is 5.92 Å². The molecule has 2 amide bonds. The Labute approximate surface area is 154 Å². The van der Waals surface area contributed by atoms with Crippen molar-refractivity contribution in [3.8, 4) is 5.88 Å². The van der Waals surface area contributed by atoms with Crippen LogP contribution in [0.1, 0.15) is 26.2 Å². The van der Waals surface area contributed by atoms with Gasteiger partial charge in [-0.15, -0.1) is 0 Å². The molecule has 3 heterocycles. The topological polar surface area (TPSA) is 78.9 Å². The van der Waals surface area contributed by atoms with Crippen molar-refractivity contribution in [2.45, 2.75) is 32.3 Å². The zero-order valence-corrected chi connectivity index (χ0v) is 15.7. The highest BCUT2D eigenvalue weighted by Crippen LogP contribution is 2.24. The van der Waals surface area contributed by atoms with Crippen molar-refractivity contribution in [2.75, 3.05) is 45.2 Å². The highest BCUT2D eigenvalue weighted by molar-refractivity contribution is 5.80. The molecule has 8 heteroatoms. The molecule has 2 saturated heterocycles. The first-order valence-electron chi connectivity index (χ1n) is 9.14. The van der Waals surface area contributed by atoms with E-state index in [1.54, 1.807) is 19.3 Å². The number of anilines is 1. The third kappa shape index (κ3) is 4.23. The van der Waals surface area contributed by atoms with Crippen LogP contribution in [0.4, 0.5) is 5.82 Å². The van der Waals surface area contributed by atoms with Crippen molar-refractivity contribution < 1.29 is 14.3 Å². The van der Waals surface area contributed by atoms with Crippen molar-refractivity contribution in [3.05, 3.63) is 12.4 Å². The van der Waals surface area contributed by atoms with Crippen LogP contribution in [-0.2, 0) is 9.59 Å². The van der Waals surface area contributed by atoms with Gasteiger partial charge in [0, 0.05) is 53.0 Å². The lowest BCUT2D eigenvalue weighted by atomic mass is 9.95. The van der Waals surface area contributed by atoms with E-state index in [1.165, 1.54) is 0 Å². The number of amides is 2. The Balaban J connectivity index is 1.51. The van der Waals surface area contributed by atoms with Gasteiger partial charge in [0.25, 0.3) is 0 Å². The van der Waals surface area contributed by atoms with E-state index in [4.69, 9.17) is 4.74 Å². The van der Waals surface area contributed by atoms with Crippen molar-refractivity contribution in [3.63, 3.8) is 0 Å². The van der Waals surface area contributed by atoms with Crippen molar-refractivity contribution in [1.29, 1.82) is 0 Å². The molecule has 0 saturated carbocycles. The third-order valence-electron chi connectivity index (χ3n) is 5.09. The molecule has 0 spiro atoms. The molecule has 3 rings (SSSR count). The molecule has 0 bridgehead atoms. The number of carbonyl (C=O) groups excluding carboxylic acids is 2. The molecule has 8 nitrogen and oxygen atoms in total. The normalized spacial score (nSPS) is 21.0. The van der Waals surface area contributed by atoms with Gasteiger partial charge in [-0.05, 0) is 12.8 Å². The number of nitrogens with zero attached hydrogens (tertiary/aromatic N) is 5. The molecule has 0 unspecified atom stereocenters. The number of hydrogen-bond acceptors (Lipinski definition) is 6. The fraction of sp³-hybridized carbons (Fsp3) is 0.667. The third-order valence-corrected chi connectivity index (χ3v) is 5.09. The van der Waals surface area contributed by atoms with Gasteiger partial charge in [0.1, 0.15) is 6.10 Å². The summed E-state index contributed by atoms with van der Waals surface area (Å²) in [4.78, 5) is 38.3. The number of rotatable bonds is 4. The van der Waals surface area contributed by atoms with Crippen LogP contribution in [0.5, 0.6) is 5.88 Å². The Morgan fingerprint density at radius 2 is 1.81 bits per heavy atom. The first-order chi connectivity index (χ1) is 12.4. The predicted molar refractivity (Wildman–Crippen MR) is 97.0 cm³/mol. The van der Waals surface area contributed by atoms with E-state index in [1.807, 2.05) is 28.8 Å². The fourth-order valence-corrected chi connectivity index (χ4v) is 3.51. The number of likely N-dealkylation sites (tertiary alicyclic amines) is 2. The van der Waals surface area contributed by atoms with E-state index in [-0.39, 0.29) is 23.8 Å². The highest BCUT2D eigenvalue weighted by atomic mass is 16.5. The number of aromatic nitrogens is 2. The van der Waals surface area contributed by atoms with Crippen LogP contribution in [0, 0.1) is 5.92 Å². The number of piperidine rings is 1. The summed E-state index contributed by atoms with van der Waals surface area (Å²) in [6.45, 7) is 4.22. The molecule has 26 heavy (non-hydrogen) atoms. The van der Waals surface area contributed by atoms with Crippen LogP contribution in [0.2, 0.25) is 0 Å². The largest absolute Gasteiger partial charge is 0.471 e. The lowest BCUT2D eigenvalue weighted by Crippen LogP contribution is -2.43. The van der Waals surface area contributed by atoms with E-state index < -0.39 is 0 Å². The van der Waals surface area contributed by atoms with E-state index in [0.717, 1.165) is 25.1 Å². The Hall–Kier alpha value is -2.38. The van der Waals surface area contributed by atoms with Gasteiger partial charge in [-0.3, -0.25) is 14.6 Å². The monoisotopic (exact) mass is 361 g/mol. The Morgan fingerprint density at radius 3 is 2.46 bits per heavy atom. The second-order valence-corrected chi connectivity index (χ2v) is 7.20. The second-order valence-electron chi connectivity index (χ2n) is 7.20. The quantitative estimate of drug-likeness (QED) is 0.789. The zero-order valence-electron chi connectivity index (χ0n) is 15.7. The van der Waals surface area contributed by atoms with Crippen LogP contribution in [-0.4, -0.2) is 78.0 Å². The van der Waals surface area contributed by atoms with Crippen LogP contribution in [0.15, 0.2) is 12.4 Å². The molecule has 1 atom stereocenters. The molecule has 142 valence electrons. The minimum atomic E-state index is -0.0528. The summed E-state index contributed by atoms with van der Waals surface area (Å²) >= 11 is 0. The van der Waals surface area contributed by atoms with Gasteiger partial charge in [-0.2, -0.15) is 4.98 Å². The zero-order chi connectivity index (χ0) is 18.7. The molecule has 0 aliphatic carbocycles. The lowest BCUT2D eigenvalue weighted by molar-refractivity contribution is -0.139. The number of hydrogen-bond donors (Lipinski definition) is 0. The van der Waals surface area contributed by atoms with E-state index in [9.17, 15) is 9.59 Å². The summed E-state index contributed by atoms with van der Waals surface area (Å²) in [6, 6.07) is 0. The van der Waals surface area contributed by atoms with Gasteiger partial charge in [0.2, 0.25) is 17.7 Å². The van der Waals surface area contributed by atoms with Gasteiger partial charge in [0.05, 0.1) is 18.9 Å². The standard InChI is InChI=1S/C18H27N5O3/c1-13(24)22-7-4-14(5-8-22)18(25)23-9-6-15(12-23)26-17-11-19-10-16(20-17)21(2)3/h10-11,14-15H,4-9,12H2,1-3H3/t15-/m1/s1. The lowest BCUT2D eigenvalue weighted by Gasteiger charge is -2.32. The highest BCUT2D eigenvalue weighted by Gasteiger charge is 2.34. The molecule has 1 aromatic rings. The molecule has 1 aromatic heterocycles. The molecule has 2 aliphatic rings. The summed E-state index contributed by atoms with van der Waals surface area (Å²) < 4.78 is 5.94. The molecule has 0 radical (unpaired) electrons. The van der Waals surface area contributed by atoms with Crippen molar-refractivity contribution in [1.82, 2.24) is 19.8 Å². The first kappa shape index (κ1) is 18.4. The Bertz CT molecular complexity index is 658. The first-order valence-corrected chi connectivity index (χ1v) is 9.14.